The first-order chi connectivity index (χ1) is 39.0. The molecule has 2 unspecified atom stereocenters. The number of amides is 10. The average Bonchev–Trinajstić information content (AvgIpc) is 1.55. The van der Waals surface area contributed by atoms with Crippen LogP contribution >= 0.6 is 0 Å². The van der Waals surface area contributed by atoms with Crippen LogP contribution in [0.5, 0.6) is 0 Å². The summed E-state index contributed by atoms with van der Waals surface area (Å²) in [5, 5.41) is 24.9. The summed E-state index contributed by atoms with van der Waals surface area (Å²) in [5.41, 5.74) is 8.23. The molecule has 4 aliphatic carbocycles. The second-order valence-corrected chi connectivity index (χ2v) is 22.7. The Kier molecular flexibility index (Phi) is 20.5. The number of hydrogen-bond acceptors (Lipinski definition) is 16. The van der Waals surface area contributed by atoms with Crippen LogP contribution in [-0.2, 0) is 63.9 Å². The molecule has 2 heterocycles. The predicted octanol–water partition coefficient (Wildman–Crippen LogP) is 2.91. The number of benzene rings is 1. The number of aliphatic hydroxyl groups is 1. The zero-order valence-electron chi connectivity index (χ0n) is 47.0. The van der Waals surface area contributed by atoms with E-state index in [0.29, 0.717) is 56.2 Å². The van der Waals surface area contributed by atoms with E-state index in [1.54, 1.807) is 38.1 Å². The fourth-order valence-corrected chi connectivity index (χ4v) is 12.9. The van der Waals surface area contributed by atoms with Crippen LogP contribution < -0.4 is 43.2 Å². The minimum Gasteiger partial charge on any atom is -0.443 e. The standard InChI is InChI=1S/C57H77N9O16/c1-6-11-47-81-42-27-38-37-19-16-34-26-36(67)22-23-55(34,4)48(37)40(68)28-56(38,5)57(42,82-47)41(69)31-80-53(77)60-29-44(71)64-65-54(78)79-30-33-14-17-35(18-15-33)61-50(74)39(12-10-24-59-52(58)76)62-51(75)49(32(2)3)63-43(70)13-8-7-9-25-66-45(72)20-21-46(66)73/h14-15,17-18,20-23,26,32,37-40,42,47-49,68H,6-13,16,19,24-25,27-31H2,1-5H3,(H,60,77)(H,61,74)(H,62,75)(H,63,70)(H,64,71)(H,65,78)(H3,58,59,76)/t37-,38-,39-,40-,42+,47?,48+,49?,55-,56-,57+/m0/s1. The summed E-state index contributed by atoms with van der Waals surface area (Å²) in [4.78, 5) is 141. The molecule has 25 nitrogen and oxygen atoms in total. The molecule has 1 saturated heterocycles. The lowest BCUT2D eigenvalue weighted by atomic mass is 9.46. The number of alkyl carbamates (subject to hydrolysis) is 1. The first-order valence-corrected chi connectivity index (χ1v) is 28.2. The minimum absolute atomic E-state index is 0.0102. The topological polar surface area (TPSA) is 358 Å². The lowest BCUT2D eigenvalue weighted by molar-refractivity contribution is -0.200. The first-order valence-electron chi connectivity index (χ1n) is 28.2. The van der Waals surface area contributed by atoms with Gasteiger partial charge in [0.1, 0.15) is 25.2 Å². The maximum absolute atomic E-state index is 14.5. The van der Waals surface area contributed by atoms with Crippen molar-refractivity contribution in [2.45, 2.75) is 154 Å². The zero-order chi connectivity index (χ0) is 59.5. The molecule has 0 spiro atoms. The quantitative estimate of drug-likeness (QED) is 0.0386. The van der Waals surface area contributed by atoms with Crippen LogP contribution in [0.3, 0.4) is 0 Å². The molecule has 1 aromatic carbocycles. The number of hydrazine groups is 1. The molecule has 10 amide bonds. The van der Waals surface area contributed by atoms with Crippen molar-refractivity contribution in [2.24, 2.45) is 40.2 Å². The lowest BCUT2D eigenvalue weighted by Crippen LogP contribution is -2.63. The van der Waals surface area contributed by atoms with Crippen LogP contribution in [0.4, 0.5) is 20.1 Å². The number of anilines is 1. The number of nitrogens with one attached hydrogen (secondary N) is 7. The Labute approximate surface area is 475 Å². The van der Waals surface area contributed by atoms with Crippen LogP contribution in [-0.4, -0.2) is 138 Å². The SMILES string of the molecule is CCCC1O[C@@H]2C[C@H]3[C@@H]4CCC5=CC(=O)C=C[C@]5(C)[C@H]4[C@@H](O)C[C@]3(C)[C@]2(C(=O)COC(=O)NCC(=O)NNC(=O)OCc2ccc(NC(=O)[C@H](CCCNC(N)=O)NC(=O)C(NC(=O)CCCCCN3C(=O)C=CC3=O)C(C)C)cc2)O1. The molecule has 0 aromatic heterocycles. The Bertz CT molecular complexity index is 2710. The van der Waals surface area contributed by atoms with E-state index < -0.39 is 108 Å². The van der Waals surface area contributed by atoms with Gasteiger partial charge in [0.2, 0.25) is 23.5 Å². The number of unbranched alkanes of at least 4 members (excludes halogenated alkanes) is 2. The highest BCUT2D eigenvalue weighted by atomic mass is 16.7. The molecule has 446 valence electrons. The molecule has 6 aliphatic rings. The van der Waals surface area contributed by atoms with Crippen LogP contribution in [0.2, 0.25) is 0 Å². The number of carbonyl (C=O) groups excluding carboxylic acids is 11. The first kappa shape index (κ1) is 62.1. The number of aliphatic hydroxyl groups excluding tert-OH is 1. The van der Waals surface area contributed by atoms with Crippen molar-refractivity contribution in [2.75, 3.05) is 31.6 Å². The van der Waals surface area contributed by atoms with Crippen molar-refractivity contribution in [1.29, 1.82) is 0 Å². The fourth-order valence-electron chi connectivity index (χ4n) is 12.9. The molecule has 10 N–H and O–H groups in total. The van der Waals surface area contributed by atoms with Gasteiger partial charge in [-0.3, -0.25) is 48.7 Å². The molecule has 0 radical (unpaired) electrons. The Morgan fingerprint density at radius 1 is 0.866 bits per heavy atom. The summed E-state index contributed by atoms with van der Waals surface area (Å²) in [5.74, 6) is -4.47. The number of fused-ring (bicyclic) bond motifs is 7. The highest BCUT2D eigenvalue weighted by molar-refractivity contribution is 6.12. The number of imide groups is 1. The summed E-state index contributed by atoms with van der Waals surface area (Å²) in [7, 11) is 0. The monoisotopic (exact) mass is 1140 g/mol. The molecule has 0 bridgehead atoms. The van der Waals surface area contributed by atoms with Gasteiger partial charge in [0.25, 0.3) is 17.7 Å². The van der Waals surface area contributed by atoms with E-state index in [0.717, 1.165) is 16.9 Å². The molecule has 3 saturated carbocycles. The van der Waals surface area contributed by atoms with Gasteiger partial charge in [-0.1, -0.05) is 71.2 Å². The Balaban J connectivity index is 0.834. The summed E-state index contributed by atoms with van der Waals surface area (Å²) in [6.07, 6.45) is 8.57. The molecule has 11 atom stereocenters. The van der Waals surface area contributed by atoms with E-state index >= 15 is 0 Å². The molecule has 7 rings (SSSR count). The van der Waals surface area contributed by atoms with Crippen molar-refractivity contribution >= 4 is 70.9 Å². The second-order valence-electron chi connectivity index (χ2n) is 22.7. The van der Waals surface area contributed by atoms with Crippen LogP contribution in [0.1, 0.15) is 117 Å². The summed E-state index contributed by atoms with van der Waals surface area (Å²) >= 11 is 0. The number of rotatable bonds is 25. The van der Waals surface area contributed by atoms with E-state index in [1.807, 2.05) is 19.9 Å². The average molecular weight is 1140 g/mol. The van der Waals surface area contributed by atoms with Gasteiger partial charge < -0.3 is 56.4 Å². The predicted molar refractivity (Wildman–Crippen MR) is 292 cm³/mol. The highest BCUT2D eigenvalue weighted by Crippen LogP contribution is 2.69. The Morgan fingerprint density at radius 3 is 2.29 bits per heavy atom. The second kappa shape index (κ2) is 27.0. The van der Waals surface area contributed by atoms with Crippen molar-refractivity contribution in [3.8, 4) is 0 Å². The van der Waals surface area contributed by atoms with E-state index in [9.17, 15) is 57.8 Å². The van der Waals surface area contributed by atoms with Gasteiger partial charge >= 0.3 is 18.2 Å². The van der Waals surface area contributed by atoms with Gasteiger partial charge in [-0.25, -0.2) is 19.8 Å². The number of urea groups is 1. The molecular weight excluding hydrogens is 1070 g/mol. The third-order valence-corrected chi connectivity index (χ3v) is 16.9. The number of nitrogens with zero attached hydrogens (tertiary/aromatic N) is 1. The number of hydrogen-bond donors (Lipinski definition) is 9. The summed E-state index contributed by atoms with van der Waals surface area (Å²) in [6.45, 7) is 8.18. The third kappa shape index (κ3) is 14.2. The number of ketones is 2. The number of carbonyl (C=O) groups is 11. The van der Waals surface area contributed by atoms with Crippen molar-refractivity contribution < 1.29 is 76.8 Å². The molecule has 1 aromatic rings. The minimum atomic E-state index is -1.52. The van der Waals surface area contributed by atoms with E-state index in [2.05, 4.69) is 44.4 Å². The number of nitrogens with two attached hydrogens (primary N) is 1. The third-order valence-electron chi connectivity index (χ3n) is 16.9. The van der Waals surface area contributed by atoms with Gasteiger partial charge in [0.15, 0.2) is 24.3 Å². The molecule has 2 aliphatic heterocycles. The Hall–Kier alpha value is -7.51. The molecule has 4 fully saturated rings. The molecule has 82 heavy (non-hydrogen) atoms. The van der Waals surface area contributed by atoms with Gasteiger partial charge in [0.05, 0.1) is 12.2 Å². The van der Waals surface area contributed by atoms with Crippen LogP contribution in [0.25, 0.3) is 0 Å². The number of primary amides is 1. The van der Waals surface area contributed by atoms with Gasteiger partial charge in [0, 0.05) is 54.1 Å². The zero-order valence-corrected chi connectivity index (χ0v) is 47.0. The van der Waals surface area contributed by atoms with Crippen LogP contribution in [0.15, 0.2) is 60.2 Å². The number of Topliss-reactive ketones (excluding diaryl/α,β-unsaturated/α-hetero) is 1. The molecule has 25 heteroatoms. The fraction of sp³-hybridized carbons (Fsp3) is 0.596. The maximum Gasteiger partial charge on any atom is 0.426 e. The molecular formula is C57H77N9O16. The normalized spacial score (nSPS) is 27.4. The Morgan fingerprint density at radius 2 is 1.60 bits per heavy atom. The maximum atomic E-state index is 14.5. The number of allylic oxidation sites excluding steroid dienone is 4. The van der Waals surface area contributed by atoms with Crippen LogP contribution in [0, 0.1) is 34.5 Å². The van der Waals surface area contributed by atoms with E-state index in [4.69, 9.17) is 24.7 Å². The van der Waals surface area contributed by atoms with E-state index in [-0.39, 0.29) is 86.6 Å². The highest BCUT2D eigenvalue weighted by Gasteiger charge is 2.76. The van der Waals surface area contributed by atoms with E-state index in [1.165, 1.54) is 24.3 Å². The van der Waals surface area contributed by atoms with Crippen molar-refractivity contribution in [1.82, 2.24) is 37.0 Å². The number of ether oxygens (including phenoxy) is 4. The van der Waals surface area contributed by atoms with Crippen molar-refractivity contribution in [3.63, 3.8) is 0 Å². The summed E-state index contributed by atoms with van der Waals surface area (Å²) < 4.78 is 23.6. The summed E-state index contributed by atoms with van der Waals surface area (Å²) in [6, 6.07) is 3.28. The smallest absolute Gasteiger partial charge is 0.426 e. The van der Waals surface area contributed by atoms with Gasteiger partial charge in [-0.05, 0) is 105 Å². The van der Waals surface area contributed by atoms with Crippen molar-refractivity contribution in [3.05, 3.63) is 65.8 Å². The largest absolute Gasteiger partial charge is 0.443 e. The van der Waals surface area contributed by atoms with Gasteiger partial charge in [-0.15, -0.1) is 0 Å². The lowest BCUT2D eigenvalue weighted by Gasteiger charge is -2.59. The van der Waals surface area contributed by atoms with Gasteiger partial charge in [-0.2, -0.15) is 0 Å².